The largest absolute Gasteiger partial charge is 0.278 e. The molecule has 0 aliphatic heterocycles. The summed E-state index contributed by atoms with van der Waals surface area (Å²) in [7, 11) is -3.72. The second kappa shape index (κ2) is 8.26. The normalized spacial score (nSPS) is 13.3. The van der Waals surface area contributed by atoms with Crippen molar-refractivity contribution in [3.63, 3.8) is 0 Å². The van der Waals surface area contributed by atoms with Gasteiger partial charge in [0.05, 0.1) is 11.3 Å². The highest BCUT2D eigenvalue weighted by Crippen LogP contribution is 2.22. The molecule has 1 atom stereocenters. The predicted molar refractivity (Wildman–Crippen MR) is 102 cm³/mol. The number of anilines is 1. The minimum absolute atomic E-state index is 0.188. The molecule has 1 heterocycles. The summed E-state index contributed by atoms with van der Waals surface area (Å²) in [5, 5.41) is 5.78. The van der Waals surface area contributed by atoms with Gasteiger partial charge in [-0.15, -0.1) is 11.3 Å². The maximum Gasteiger partial charge on any atom is 0.273 e. The zero-order valence-electron chi connectivity index (χ0n) is 14.3. The second-order valence-corrected chi connectivity index (χ2v) is 8.44. The number of hydrogen-bond acceptors (Lipinski definition) is 5. The molecule has 134 valence electrons. The van der Waals surface area contributed by atoms with E-state index in [9.17, 15) is 13.2 Å². The van der Waals surface area contributed by atoms with Crippen molar-refractivity contribution in [2.45, 2.75) is 31.4 Å². The number of para-hydroxylation sites is 1. The van der Waals surface area contributed by atoms with Gasteiger partial charge in [-0.25, -0.2) is 13.8 Å². The Balaban J connectivity index is 2.22. The smallest absolute Gasteiger partial charge is 0.273 e. The van der Waals surface area contributed by atoms with Crippen LogP contribution in [0.2, 0.25) is 0 Å². The van der Waals surface area contributed by atoms with Crippen LogP contribution in [0.15, 0.2) is 51.1 Å². The molecule has 0 radical (unpaired) electrons. The highest BCUT2D eigenvalue weighted by atomic mass is 32.2. The number of benzene rings is 1. The van der Waals surface area contributed by atoms with Gasteiger partial charge in [0, 0.05) is 5.71 Å². The molecule has 0 saturated carbocycles. The Hall–Kier alpha value is -2.19. The molecule has 0 bridgehead atoms. The van der Waals surface area contributed by atoms with Crippen LogP contribution in [0.4, 0.5) is 5.69 Å². The molecule has 2 rings (SSSR count). The summed E-state index contributed by atoms with van der Waals surface area (Å²) in [4.78, 5) is 12.4. The van der Waals surface area contributed by atoms with Crippen molar-refractivity contribution >= 4 is 38.7 Å². The molecule has 1 aromatic carbocycles. The zero-order valence-corrected chi connectivity index (χ0v) is 15.9. The first-order valence-corrected chi connectivity index (χ1v) is 10.2. The van der Waals surface area contributed by atoms with E-state index >= 15 is 0 Å². The van der Waals surface area contributed by atoms with E-state index in [0.29, 0.717) is 0 Å². The summed E-state index contributed by atoms with van der Waals surface area (Å²) in [6.45, 7) is 5.91. The number of carbonyl (C=O) groups is 1. The van der Waals surface area contributed by atoms with E-state index in [1.54, 1.807) is 35.7 Å². The van der Waals surface area contributed by atoms with Crippen LogP contribution in [-0.4, -0.2) is 20.0 Å². The third-order valence-corrected chi connectivity index (χ3v) is 6.60. The summed E-state index contributed by atoms with van der Waals surface area (Å²) >= 11 is 1.11. The maximum atomic E-state index is 12.4. The Morgan fingerprint density at radius 3 is 2.60 bits per heavy atom. The summed E-state index contributed by atoms with van der Waals surface area (Å²) in [5.74, 6) is -0.208. The number of nitrogens with one attached hydrogen (secondary N) is 2. The molecule has 0 saturated heterocycles. The van der Waals surface area contributed by atoms with Crippen LogP contribution in [0.3, 0.4) is 0 Å². The lowest BCUT2D eigenvalue weighted by atomic mass is 10.1. The topological polar surface area (TPSA) is 87.6 Å². The number of rotatable bonds is 7. The van der Waals surface area contributed by atoms with Crippen LogP contribution in [-0.2, 0) is 10.0 Å². The van der Waals surface area contributed by atoms with Crippen molar-refractivity contribution in [1.29, 1.82) is 0 Å². The minimum Gasteiger partial charge on any atom is -0.278 e. The molecule has 0 spiro atoms. The van der Waals surface area contributed by atoms with Crippen LogP contribution in [0.5, 0.6) is 0 Å². The molecule has 2 N–H and O–H groups in total. The number of sulfonamides is 1. The van der Waals surface area contributed by atoms with E-state index in [1.807, 2.05) is 20.8 Å². The first kappa shape index (κ1) is 19.1. The van der Waals surface area contributed by atoms with Crippen LogP contribution in [0.25, 0.3) is 0 Å². The first-order valence-electron chi connectivity index (χ1n) is 7.85. The monoisotopic (exact) mass is 379 g/mol. The van der Waals surface area contributed by atoms with E-state index in [0.717, 1.165) is 23.5 Å². The summed E-state index contributed by atoms with van der Waals surface area (Å²) < 4.78 is 27.4. The van der Waals surface area contributed by atoms with Crippen LogP contribution in [0.1, 0.15) is 37.6 Å². The Kier molecular flexibility index (Phi) is 6.33. The zero-order chi connectivity index (χ0) is 18.4. The number of hydrogen-bond donors (Lipinski definition) is 2. The average molecular weight is 380 g/mol. The van der Waals surface area contributed by atoms with Crippen molar-refractivity contribution in [1.82, 2.24) is 5.43 Å². The molecule has 25 heavy (non-hydrogen) atoms. The molecule has 0 aliphatic carbocycles. The van der Waals surface area contributed by atoms with Crippen molar-refractivity contribution in [2.24, 2.45) is 11.0 Å². The van der Waals surface area contributed by atoms with Gasteiger partial charge in [-0.1, -0.05) is 32.0 Å². The van der Waals surface area contributed by atoms with E-state index in [-0.39, 0.29) is 21.4 Å². The molecule has 1 amide bonds. The van der Waals surface area contributed by atoms with E-state index in [4.69, 9.17) is 0 Å². The molecular weight excluding hydrogens is 358 g/mol. The Bertz CT molecular complexity index is 859. The van der Waals surface area contributed by atoms with Gasteiger partial charge in [0.15, 0.2) is 0 Å². The van der Waals surface area contributed by atoms with Gasteiger partial charge in [0.25, 0.3) is 15.9 Å². The van der Waals surface area contributed by atoms with E-state index in [1.165, 1.54) is 6.07 Å². The van der Waals surface area contributed by atoms with Crippen molar-refractivity contribution in [3.8, 4) is 0 Å². The highest BCUT2D eigenvalue weighted by molar-refractivity contribution is 7.94. The maximum absolute atomic E-state index is 12.4. The number of carbonyl (C=O) groups excluding carboxylic acids is 1. The van der Waals surface area contributed by atoms with Crippen LogP contribution in [0, 0.1) is 5.92 Å². The number of amides is 1. The fraction of sp³-hybridized carbons (Fsp3) is 0.294. The fourth-order valence-corrected chi connectivity index (χ4v) is 4.06. The molecular formula is C17H21N3O3S2. The SMILES string of the molecule is CCC(C)/C(C)=N/NC(=O)c1ccccc1NS(=O)(=O)c1cccs1. The average Bonchev–Trinajstić information content (AvgIpc) is 3.14. The van der Waals surface area contributed by atoms with Gasteiger partial charge in [-0.05, 0) is 42.8 Å². The Morgan fingerprint density at radius 2 is 1.96 bits per heavy atom. The van der Waals surface area contributed by atoms with Crippen LogP contribution < -0.4 is 10.1 Å². The van der Waals surface area contributed by atoms with Gasteiger partial charge >= 0.3 is 0 Å². The van der Waals surface area contributed by atoms with Crippen molar-refractivity contribution in [2.75, 3.05) is 4.72 Å². The lowest BCUT2D eigenvalue weighted by molar-refractivity contribution is 0.0955. The van der Waals surface area contributed by atoms with Gasteiger partial charge in [0.2, 0.25) is 0 Å². The molecule has 0 aliphatic rings. The number of thiophene rings is 1. The number of hydrazone groups is 1. The van der Waals surface area contributed by atoms with Gasteiger partial charge in [-0.3, -0.25) is 9.52 Å². The molecule has 6 nitrogen and oxygen atoms in total. The molecule has 2 aromatic rings. The predicted octanol–water partition coefficient (Wildman–Crippen LogP) is 3.70. The van der Waals surface area contributed by atoms with Crippen molar-refractivity contribution < 1.29 is 13.2 Å². The lowest BCUT2D eigenvalue weighted by Gasteiger charge is -2.12. The second-order valence-electron chi connectivity index (χ2n) is 5.59. The Labute approximate surface area is 152 Å². The first-order chi connectivity index (χ1) is 11.8. The van der Waals surface area contributed by atoms with E-state index < -0.39 is 15.9 Å². The lowest BCUT2D eigenvalue weighted by Crippen LogP contribution is -2.23. The molecule has 1 aromatic heterocycles. The quantitative estimate of drug-likeness (QED) is 0.568. The molecule has 0 fully saturated rings. The van der Waals surface area contributed by atoms with Gasteiger partial charge in [0.1, 0.15) is 4.21 Å². The standard InChI is InChI=1S/C17H21N3O3S2/c1-4-12(2)13(3)18-19-17(21)14-8-5-6-9-15(14)20-25(22,23)16-10-7-11-24-16/h5-12,20H,4H2,1-3H3,(H,19,21)/b18-13+. The minimum atomic E-state index is -3.72. The third kappa shape index (κ3) is 4.90. The third-order valence-electron chi connectivity index (χ3n) is 3.84. The molecule has 8 heteroatoms. The fourth-order valence-electron chi connectivity index (χ4n) is 1.99. The van der Waals surface area contributed by atoms with Gasteiger partial charge < -0.3 is 0 Å². The molecule has 1 unspecified atom stereocenters. The Morgan fingerprint density at radius 1 is 1.24 bits per heavy atom. The number of nitrogens with zero attached hydrogens (tertiary/aromatic N) is 1. The van der Waals surface area contributed by atoms with E-state index in [2.05, 4.69) is 15.2 Å². The summed E-state index contributed by atoms with van der Waals surface area (Å²) in [6, 6.07) is 9.60. The van der Waals surface area contributed by atoms with Crippen LogP contribution >= 0.6 is 11.3 Å². The van der Waals surface area contributed by atoms with Crippen molar-refractivity contribution in [3.05, 3.63) is 47.3 Å². The van der Waals surface area contributed by atoms with Gasteiger partial charge in [-0.2, -0.15) is 5.10 Å². The summed E-state index contributed by atoms with van der Waals surface area (Å²) in [6.07, 6.45) is 0.919. The summed E-state index contributed by atoms with van der Waals surface area (Å²) in [5.41, 5.74) is 3.73. The highest BCUT2D eigenvalue weighted by Gasteiger charge is 2.19.